The zero-order valence-electron chi connectivity index (χ0n) is 11.2. The van der Waals surface area contributed by atoms with Crippen LogP contribution in [0, 0.1) is 0 Å². The number of aliphatic hydroxyl groups is 1. The van der Waals surface area contributed by atoms with Crippen LogP contribution in [0.4, 0.5) is 0 Å². The number of ether oxygens (including phenoxy) is 2. The van der Waals surface area contributed by atoms with Crippen LogP contribution >= 0.6 is 0 Å². The highest BCUT2D eigenvalue weighted by Gasteiger charge is 2.23. The molecule has 0 aliphatic carbocycles. The molecule has 0 bridgehead atoms. The van der Waals surface area contributed by atoms with E-state index < -0.39 is 16.1 Å². The predicted molar refractivity (Wildman–Crippen MR) is 71.0 cm³/mol. The topological polar surface area (TPSA) is 84.9 Å². The third-order valence-corrected chi connectivity index (χ3v) is 4.24. The van der Waals surface area contributed by atoms with Gasteiger partial charge in [-0.15, -0.1) is 0 Å². The van der Waals surface area contributed by atoms with Crippen LogP contribution in [0.15, 0.2) is 23.1 Å². The molecule has 108 valence electrons. The standard InChI is InChI=1S/C12H19NO5S/c1-4-9(8-14)13-19(15,16)12-7-10(17-2)5-6-11(12)18-3/h5-7,9,13-14H,4,8H2,1-3H3. The summed E-state index contributed by atoms with van der Waals surface area (Å²) in [4.78, 5) is -0.0127. The number of nitrogens with one attached hydrogen (secondary N) is 1. The number of rotatable bonds is 7. The summed E-state index contributed by atoms with van der Waals surface area (Å²) in [5, 5.41) is 9.08. The second kappa shape index (κ2) is 6.74. The summed E-state index contributed by atoms with van der Waals surface area (Å²) in [7, 11) is -0.928. The molecule has 0 aromatic heterocycles. The zero-order chi connectivity index (χ0) is 14.5. The van der Waals surface area contributed by atoms with Gasteiger partial charge in [-0.25, -0.2) is 13.1 Å². The molecule has 1 aromatic rings. The number of methoxy groups -OCH3 is 2. The predicted octanol–water partition coefficient (Wildman–Crippen LogP) is 0.753. The summed E-state index contributed by atoms with van der Waals surface area (Å²) < 4.78 is 37.0. The van der Waals surface area contributed by atoms with Crippen LogP contribution in [0.1, 0.15) is 13.3 Å². The van der Waals surface area contributed by atoms with Crippen LogP contribution in [0.25, 0.3) is 0 Å². The summed E-state index contributed by atoms with van der Waals surface area (Å²) >= 11 is 0. The first-order valence-corrected chi connectivity index (χ1v) is 7.32. The second-order valence-electron chi connectivity index (χ2n) is 3.93. The number of benzene rings is 1. The second-order valence-corrected chi connectivity index (χ2v) is 5.61. The van der Waals surface area contributed by atoms with Gasteiger partial charge in [0.05, 0.1) is 20.8 Å². The molecule has 1 rings (SSSR count). The molecule has 1 unspecified atom stereocenters. The van der Waals surface area contributed by atoms with Crippen molar-refractivity contribution < 1.29 is 23.0 Å². The monoisotopic (exact) mass is 289 g/mol. The molecular formula is C12H19NO5S. The van der Waals surface area contributed by atoms with Crippen molar-refractivity contribution in [1.29, 1.82) is 0 Å². The first-order chi connectivity index (χ1) is 8.98. The molecule has 2 N–H and O–H groups in total. The van der Waals surface area contributed by atoms with Crippen LogP contribution in [0.5, 0.6) is 11.5 Å². The Hall–Kier alpha value is -1.31. The van der Waals surface area contributed by atoms with Gasteiger partial charge in [0.25, 0.3) is 0 Å². The normalized spacial score (nSPS) is 13.1. The minimum atomic E-state index is -3.77. The van der Waals surface area contributed by atoms with Crippen molar-refractivity contribution in [1.82, 2.24) is 4.72 Å². The molecule has 0 spiro atoms. The van der Waals surface area contributed by atoms with Crippen molar-refractivity contribution in [2.45, 2.75) is 24.3 Å². The van der Waals surface area contributed by atoms with Gasteiger partial charge in [0.2, 0.25) is 10.0 Å². The molecule has 0 aliphatic heterocycles. The van der Waals surface area contributed by atoms with Crippen LogP contribution in [0.2, 0.25) is 0 Å². The van der Waals surface area contributed by atoms with E-state index >= 15 is 0 Å². The van der Waals surface area contributed by atoms with Crippen molar-refractivity contribution in [3.63, 3.8) is 0 Å². The van der Waals surface area contributed by atoms with E-state index in [0.29, 0.717) is 12.2 Å². The van der Waals surface area contributed by atoms with Gasteiger partial charge in [0.1, 0.15) is 16.4 Å². The van der Waals surface area contributed by atoms with E-state index in [-0.39, 0.29) is 17.3 Å². The molecule has 0 saturated carbocycles. The largest absolute Gasteiger partial charge is 0.497 e. The van der Waals surface area contributed by atoms with Crippen molar-refractivity contribution >= 4 is 10.0 Å². The summed E-state index contributed by atoms with van der Waals surface area (Å²) in [5.74, 6) is 0.638. The van der Waals surface area contributed by atoms with E-state index in [4.69, 9.17) is 14.6 Å². The SMILES string of the molecule is CCC(CO)NS(=O)(=O)c1cc(OC)ccc1OC. The summed E-state index contributed by atoms with van der Waals surface area (Å²) in [6.07, 6.45) is 0.488. The molecule has 19 heavy (non-hydrogen) atoms. The van der Waals surface area contributed by atoms with Crippen LogP contribution in [0.3, 0.4) is 0 Å². The molecule has 0 heterocycles. The van der Waals surface area contributed by atoms with E-state index in [1.54, 1.807) is 13.0 Å². The van der Waals surface area contributed by atoms with Crippen LogP contribution in [-0.4, -0.2) is 40.4 Å². The highest BCUT2D eigenvalue weighted by Crippen LogP contribution is 2.28. The summed E-state index contributed by atoms with van der Waals surface area (Å²) in [6.45, 7) is 1.52. The van der Waals surface area contributed by atoms with Crippen LogP contribution in [-0.2, 0) is 10.0 Å². The highest BCUT2D eigenvalue weighted by molar-refractivity contribution is 7.89. The van der Waals surface area contributed by atoms with Crippen molar-refractivity contribution in [3.8, 4) is 11.5 Å². The number of sulfonamides is 1. The lowest BCUT2D eigenvalue weighted by Crippen LogP contribution is -2.37. The third-order valence-electron chi connectivity index (χ3n) is 2.70. The Balaban J connectivity index is 3.18. The van der Waals surface area contributed by atoms with Gasteiger partial charge >= 0.3 is 0 Å². The first-order valence-electron chi connectivity index (χ1n) is 5.83. The zero-order valence-corrected chi connectivity index (χ0v) is 12.0. The summed E-state index contributed by atoms with van der Waals surface area (Å²) in [6, 6.07) is 3.99. The number of aliphatic hydroxyl groups excluding tert-OH is 1. The molecular weight excluding hydrogens is 270 g/mol. The Labute approximate surface area is 113 Å². The highest BCUT2D eigenvalue weighted by atomic mass is 32.2. The Morgan fingerprint density at radius 3 is 2.47 bits per heavy atom. The quantitative estimate of drug-likeness (QED) is 0.774. The van der Waals surface area contributed by atoms with Crippen molar-refractivity contribution in [2.75, 3.05) is 20.8 Å². The first kappa shape index (κ1) is 15.7. The average Bonchev–Trinajstić information content (AvgIpc) is 2.43. The fourth-order valence-corrected chi connectivity index (χ4v) is 3.02. The van der Waals surface area contributed by atoms with Gasteiger partial charge in [-0.05, 0) is 18.6 Å². The molecule has 7 heteroatoms. The van der Waals surface area contributed by atoms with E-state index in [2.05, 4.69) is 4.72 Å². The van der Waals surface area contributed by atoms with Crippen molar-refractivity contribution in [3.05, 3.63) is 18.2 Å². The Morgan fingerprint density at radius 1 is 1.32 bits per heavy atom. The molecule has 0 amide bonds. The molecule has 0 fully saturated rings. The fourth-order valence-electron chi connectivity index (χ4n) is 1.53. The maximum atomic E-state index is 12.3. The van der Waals surface area contributed by atoms with Gasteiger partial charge in [0, 0.05) is 12.1 Å². The van der Waals surface area contributed by atoms with E-state index in [0.717, 1.165) is 0 Å². The molecule has 0 radical (unpaired) electrons. The lowest BCUT2D eigenvalue weighted by atomic mass is 10.3. The Bertz CT molecular complexity index is 511. The molecule has 1 atom stereocenters. The maximum Gasteiger partial charge on any atom is 0.244 e. The van der Waals surface area contributed by atoms with E-state index in [1.807, 2.05) is 0 Å². The third kappa shape index (κ3) is 3.82. The molecule has 0 saturated heterocycles. The number of hydrogen-bond donors (Lipinski definition) is 2. The number of hydrogen-bond acceptors (Lipinski definition) is 5. The molecule has 1 aromatic carbocycles. The van der Waals surface area contributed by atoms with Gasteiger partial charge in [0.15, 0.2) is 0 Å². The van der Waals surface area contributed by atoms with Gasteiger partial charge in [-0.1, -0.05) is 6.92 Å². The van der Waals surface area contributed by atoms with Gasteiger partial charge in [-0.2, -0.15) is 0 Å². The van der Waals surface area contributed by atoms with E-state index in [1.165, 1.54) is 26.4 Å². The minimum absolute atomic E-state index is 0.0127. The average molecular weight is 289 g/mol. The maximum absolute atomic E-state index is 12.3. The molecule has 0 aliphatic rings. The minimum Gasteiger partial charge on any atom is -0.497 e. The lowest BCUT2D eigenvalue weighted by Gasteiger charge is -2.16. The fraction of sp³-hybridized carbons (Fsp3) is 0.500. The smallest absolute Gasteiger partial charge is 0.244 e. The Kier molecular flexibility index (Phi) is 5.59. The van der Waals surface area contributed by atoms with Crippen LogP contribution < -0.4 is 14.2 Å². The molecule has 6 nitrogen and oxygen atoms in total. The van der Waals surface area contributed by atoms with E-state index in [9.17, 15) is 8.42 Å². The lowest BCUT2D eigenvalue weighted by molar-refractivity contribution is 0.253. The van der Waals surface area contributed by atoms with Gasteiger partial charge < -0.3 is 14.6 Å². The van der Waals surface area contributed by atoms with Gasteiger partial charge in [-0.3, -0.25) is 0 Å². The van der Waals surface area contributed by atoms with Crippen molar-refractivity contribution in [2.24, 2.45) is 0 Å². The Morgan fingerprint density at radius 2 is 2.00 bits per heavy atom. The summed E-state index contributed by atoms with van der Waals surface area (Å²) in [5.41, 5.74) is 0.